The number of anilines is 2. The highest BCUT2D eigenvalue weighted by Crippen LogP contribution is 2.20. The molecule has 0 saturated carbocycles. The van der Waals surface area contributed by atoms with Crippen LogP contribution in [-0.4, -0.2) is 80.6 Å². The molecule has 2 aromatic carbocycles. The molecule has 2 amide bonds. The van der Waals surface area contributed by atoms with E-state index in [0.29, 0.717) is 62.6 Å². The van der Waals surface area contributed by atoms with Gasteiger partial charge in [-0.1, -0.05) is 36.4 Å². The molecule has 1 aromatic heterocycles. The van der Waals surface area contributed by atoms with E-state index < -0.39 is 0 Å². The van der Waals surface area contributed by atoms with Crippen LogP contribution >= 0.6 is 0 Å². The average molecular weight is 564 g/mol. The van der Waals surface area contributed by atoms with Gasteiger partial charge < -0.3 is 25.8 Å². The van der Waals surface area contributed by atoms with Crippen molar-refractivity contribution in [2.45, 2.75) is 58.5 Å². The largest absolute Gasteiger partial charge is 0.397 e. The molecule has 4 N–H and O–H groups in total. The Morgan fingerprint density at radius 2 is 2.00 bits per heavy atom. The predicted octanol–water partition coefficient (Wildman–Crippen LogP) is 2.77. The number of amides is 2. The second-order valence-electron chi connectivity index (χ2n) is 10.9. The minimum atomic E-state index is -0.278. The number of rotatable bonds is 8. The van der Waals surface area contributed by atoms with E-state index in [2.05, 4.69) is 27.5 Å². The van der Waals surface area contributed by atoms with Crippen LogP contribution in [-0.2, 0) is 29.2 Å². The Hall–Kier alpha value is -3.80. The molecule has 0 saturated heterocycles. The second-order valence-corrected chi connectivity index (χ2v) is 10.9. The summed E-state index contributed by atoms with van der Waals surface area (Å²) in [6.07, 6.45) is 2.70. The lowest BCUT2D eigenvalue weighted by molar-refractivity contribution is -0.136. The number of hydrogen-bond acceptors (Lipinski definition) is 8. The van der Waals surface area contributed by atoms with Crippen LogP contribution < -0.4 is 11.1 Å². The third-order valence-electron chi connectivity index (χ3n) is 7.41. The Morgan fingerprint density at radius 3 is 2.73 bits per heavy atom. The van der Waals surface area contributed by atoms with E-state index in [9.17, 15) is 14.7 Å². The lowest BCUT2D eigenvalue weighted by atomic mass is 10.0. The number of nitrogens with two attached hydrogens (primary N) is 1. The number of nitrogen functional groups attached to an aromatic ring is 1. The first-order chi connectivity index (χ1) is 19.7. The van der Waals surface area contributed by atoms with Crippen molar-refractivity contribution in [1.82, 2.24) is 24.8 Å². The zero-order chi connectivity index (χ0) is 29.4. The number of fused-ring (bicyclic) bond motifs is 2. The summed E-state index contributed by atoms with van der Waals surface area (Å²) < 4.78 is 8.11. The van der Waals surface area contributed by atoms with Crippen molar-refractivity contribution >= 4 is 23.2 Å². The topological polar surface area (TPSA) is 139 Å². The quantitative estimate of drug-likeness (QED) is 0.356. The Kier molecular flexibility index (Phi) is 10.4. The monoisotopic (exact) mass is 563 g/mol. The van der Waals surface area contributed by atoms with Crippen LogP contribution in [0.4, 0.5) is 11.4 Å². The van der Waals surface area contributed by atoms with E-state index in [1.165, 1.54) is 0 Å². The second kappa shape index (κ2) is 14.2. The molecule has 0 spiro atoms. The first-order valence-electron chi connectivity index (χ1n) is 14.1. The first kappa shape index (κ1) is 30.2. The molecular weight excluding hydrogens is 522 g/mol. The molecule has 220 valence electrons. The van der Waals surface area contributed by atoms with E-state index in [4.69, 9.17) is 10.5 Å². The molecule has 0 radical (unpaired) electrons. The van der Waals surface area contributed by atoms with Crippen molar-refractivity contribution in [3.8, 4) is 0 Å². The molecule has 11 nitrogen and oxygen atoms in total. The molecule has 3 atom stereocenters. The van der Waals surface area contributed by atoms with Gasteiger partial charge in [0.1, 0.15) is 5.69 Å². The van der Waals surface area contributed by atoms with Gasteiger partial charge in [-0.3, -0.25) is 19.2 Å². The van der Waals surface area contributed by atoms with Crippen LogP contribution in [0.3, 0.4) is 0 Å². The minimum absolute atomic E-state index is 0.00249. The molecule has 1 aliphatic heterocycles. The normalized spacial score (nSPS) is 19.2. The Bertz CT molecular complexity index is 1300. The van der Waals surface area contributed by atoms with E-state index in [-0.39, 0.29) is 36.5 Å². The van der Waals surface area contributed by atoms with Gasteiger partial charge in [-0.15, -0.1) is 5.10 Å². The van der Waals surface area contributed by atoms with E-state index in [1.807, 2.05) is 44.4 Å². The molecule has 2 bridgehead atoms. The third kappa shape index (κ3) is 8.35. The van der Waals surface area contributed by atoms with Crippen molar-refractivity contribution in [1.29, 1.82) is 0 Å². The molecule has 11 heteroatoms. The molecule has 41 heavy (non-hydrogen) atoms. The van der Waals surface area contributed by atoms with Crippen molar-refractivity contribution in [2.75, 3.05) is 37.8 Å². The number of aryl methyl sites for hydroxylation is 1. The lowest BCUT2D eigenvalue weighted by Gasteiger charge is -2.35. The zero-order valence-corrected chi connectivity index (χ0v) is 24.1. The maximum absolute atomic E-state index is 13.1. The number of aliphatic hydroxyl groups excluding tert-OH is 1. The summed E-state index contributed by atoms with van der Waals surface area (Å²) in [6.45, 7) is 6.51. The summed E-state index contributed by atoms with van der Waals surface area (Å²) in [4.78, 5) is 29.7. The standard InChI is InChI=1S/C30H41N7O4/c1-21-15-37(22(2)19-38)29(39)9-6-14-36-17-25(33-34-36)20-41-28(21)18-35(3)16-23-10-12-24(13-11-23)30(40)32-27-8-5-4-7-26(27)31/h4-5,7-8,10-13,17,21-22,28,38H,6,9,14-16,18-20,31H2,1-3H3,(H,32,40)/t21-,22+,28-/m0/s1. The number of nitrogens with zero attached hydrogens (tertiary/aromatic N) is 5. The van der Waals surface area contributed by atoms with Crippen molar-refractivity contribution in [2.24, 2.45) is 5.92 Å². The van der Waals surface area contributed by atoms with Crippen molar-refractivity contribution < 1.29 is 19.4 Å². The van der Waals surface area contributed by atoms with Gasteiger partial charge in [0.2, 0.25) is 5.91 Å². The van der Waals surface area contributed by atoms with Crippen LogP contribution in [0.2, 0.25) is 0 Å². The molecule has 2 heterocycles. The highest BCUT2D eigenvalue weighted by Gasteiger charge is 2.28. The lowest BCUT2D eigenvalue weighted by Crippen LogP contribution is -2.47. The summed E-state index contributed by atoms with van der Waals surface area (Å²) in [5.41, 5.74) is 9.39. The summed E-state index contributed by atoms with van der Waals surface area (Å²) in [7, 11) is 2.02. The summed E-state index contributed by atoms with van der Waals surface area (Å²) in [6, 6.07) is 14.4. The highest BCUT2D eigenvalue weighted by atomic mass is 16.5. The third-order valence-corrected chi connectivity index (χ3v) is 7.41. The molecule has 0 fully saturated rings. The van der Waals surface area contributed by atoms with Gasteiger partial charge in [-0.05, 0) is 50.2 Å². The Morgan fingerprint density at radius 1 is 1.24 bits per heavy atom. The fourth-order valence-corrected chi connectivity index (χ4v) is 4.94. The van der Waals surface area contributed by atoms with Crippen LogP contribution in [0.5, 0.6) is 0 Å². The van der Waals surface area contributed by atoms with Crippen molar-refractivity contribution in [3.63, 3.8) is 0 Å². The fraction of sp³-hybridized carbons (Fsp3) is 0.467. The SMILES string of the molecule is C[C@H](CO)N1C[C@H](C)[C@H](CN(C)Cc2ccc(C(=O)Nc3ccccc3N)cc2)OCc2cn(nn2)CCCC1=O. The maximum Gasteiger partial charge on any atom is 0.255 e. The number of likely N-dealkylation sites (N-methyl/N-ethyl adjacent to an activating group) is 1. The van der Waals surface area contributed by atoms with Crippen LogP contribution in [0.25, 0.3) is 0 Å². The number of aliphatic hydroxyl groups is 1. The number of aromatic nitrogens is 3. The van der Waals surface area contributed by atoms with Gasteiger partial charge in [0.25, 0.3) is 5.91 Å². The average Bonchev–Trinajstić information content (AvgIpc) is 3.42. The number of hydrogen-bond donors (Lipinski definition) is 3. The molecule has 4 rings (SSSR count). The van der Waals surface area contributed by atoms with Crippen LogP contribution in [0, 0.1) is 5.92 Å². The molecule has 1 aliphatic rings. The molecular formula is C30H41N7O4. The Balaban J connectivity index is 1.42. The Labute approximate surface area is 241 Å². The summed E-state index contributed by atoms with van der Waals surface area (Å²) in [5.74, 6) is -0.200. The molecule has 0 aliphatic carbocycles. The predicted molar refractivity (Wildman–Crippen MR) is 157 cm³/mol. The van der Waals surface area contributed by atoms with E-state index in [1.54, 1.807) is 33.8 Å². The maximum atomic E-state index is 13.1. The fourth-order valence-electron chi connectivity index (χ4n) is 4.94. The number of para-hydroxylation sites is 2. The number of nitrogens with one attached hydrogen (secondary N) is 1. The van der Waals surface area contributed by atoms with Crippen LogP contribution in [0.15, 0.2) is 54.7 Å². The highest BCUT2D eigenvalue weighted by molar-refractivity contribution is 6.05. The van der Waals surface area contributed by atoms with Crippen LogP contribution in [0.1, 0.15) is 48.3 Å². The number of carbonyl (C=O) groups excluding carboxylic acids is 2. The number of ether oxygens (including phenoxy) is 1. The van der Waals surface area contributed by atoms with Gasteiger partial charge in [0.15, 0.2) is 0 Å². The van der Waals surface area contributed by atoms with Gasteiger partial charge >= 0.3 is 0 Å². The first-order valence-corrected chi connectivity index (χ1v) is 14.1. The smallest absolute Gasteiger partial charge is 0.255 e. The molecule has 3 aromatic rings. The van der Waals surface area contributed by atoms with Gasteiger partial charge in [-0.2, -0.15) is 0 Å². The van der Waals surface area contributed by atoms with Gasteiger partial charge in [0, 0.05) is 44.1 Å². The minimum Gasteiger partial charge on any atom is -0.397 e. The van der Waals surface area contributed by atoms with E-state index in [0.717, 1.165) is 11.3 Å². The van der Waals surface area contributed by atoms with Gasteiger partial charge in [0.05, 0.1) is 42.9 Å². The zero-order valence-electron chi connectivity index (χ0n) is 24.1. The summed E-state index contributed by atoms with van der Waals surface area (Å²) >= 11 is 0. The summed E-state index contributed by atoms with van der Waals surface area (Å²) in [5, 5.41) is 21.1. The van der Waals surface area contributed by atoms with Gasteiger partial charge in [-0.25, -0.2) is 0 Å². The van der Waals surface area contributed by atoms with E-state index >= 15 is 0 Å². The number of carbonyl (C=O) groups is 2. The molecule has 0 unspecified atom stereocenters. The van der Waals surface area contributed by atoms with Crippen molar-refractivity contribution in [3.05, 3.63) is 71.5 Å². The number of benzene rings is 2.